The number of hydrogen-bond donors (Lipinski definition) is 1. The summed E-state index contributed by atoms with van der Waals surface area (Å²) >= 11 is 6.00. The summed E-state index contributed by atoms with van der Waals surface area (Å²) in [6.45, 7) is 4.37. The van der Waals surface area contributed by atoms with Crippen molar-refractivity contribution in [1.82, 2.24) is 15.2 Å². The first-order valence-corrected chi connectivity index (χ1v) is 12.3. The number of aromatic nitrogens is 1. The van der Waals surface area contributed by atoms with E-state index < -0.39 is 0 Å². The van der Waals surface area contributed by atoms with E-state index in [-0.39, 0.29) is 17.9 Å². The number of fused-ring (bicyclic) bond motifs is 1. The number of piperidine rings is 1. The van der Waals surface area contributed by atoms with Crippen LogP contribution in [0.5, 0.6) is 0 Å². The van der Waals surface area contributed by atoms with Crippen LogP contribution in [0.1, 0.15) is 54.3 Å². The van der Waals surface area contributed by atoms with Gasteiger partial charge in [0.2, 0.25) is 11.8 Å². The van der Waals surface area contributed by atoms with Crippen LogP contribution < -0.4 is 5.32 Å². The maximum absolute atomic E-state index is 13.2. The fraction of sp³-hybridized carbons (Fsp3) is 0.407. The highest BCUT2D eigenvalue weighted by Crippen LogP contribution is 2.31. The molecule has 172 valence electrons. The number of nitrogens with zero attached hydrogens (tertiary/aromatic N) is 2. The minimum Gasteiger partial charge on any atom is -0.441 e. The average molecular weight is 464 g/mol. The number of nitrogens with one attached hydrogen (secondary N) is 1. The molecule has 0 radical (unpaired) electrons. The van der Waals surface area contributed by atoms with Crippen molar-refractivity contribution in [3.05, 3.63) is 76.1 Å². The molecule has 5 nitrogen and oxygen atoms in total. The van der Waals surface area contributed by atoms with Crippen LogP contribution in [0.15, 0.2) is 52.9 Å². The highest BCUT2D eigenvalue weighted by Gasteiger charge is 2.29. The molecule has 0 unspecified atom stereocenters. The van der Waals surface area contributed by atoms with Crippen LogP contribution in [0.25, 0.3) is 11.5 Å². The van der Waals surface area contributed by atoms with Gasteiger partial charge in [-0.15, -0.1) is 0 Å². The van der Waals surface area contributed by atoms with Gasteiger partial charge in [-0.2, -0.15) is 0 Å². The van der Waals surface area contributed by atoms with Gasteiger partial charge < -0.3 is 9.73 Å². The molecule has 1 aromatic heterocycles. The van der Waals surface area contributed by atoms with Gasteiger partial charge in [-0.1, -0.05) is 35.9 Å². The van der Waals surface area contributed by atoms with Crippen LogP contribution in [0.4, 0.5) is 0 Å². The molecule has 2 atom stereocenters. The number of carbonyl (C=O) groups is 1. The van der Waals surface area contributed by atoms with Gasteiger partial charge in [0, 0.05) is 23.7 Å². The summed E-state index contributed by atoms with van der Waals surface area (Å²) in [7, 11) is 0. The van der Waals surface area contributed by atoms with Gasteiger partial charge >= 0.3 is 0 Å². The molecule has 3 aromatic rings. The number of hydrogen-bond acceptors (Lipinski definition) is 4. The molecule has 1 fully saturated rings. The Balaban J connectivity index is 1.23. The second-order valence-electron chi connectivity index (χ2n) is 9.26. The van der Waals surface area contributed by atoms with E-state index in [1.54, 1.807) is 0 Å². The van der Waals surface area contributed by atoms with Crippen molar-refractivity contribution < 1.29 is 9.21 Å². The Morgan fingerprint density at radius 3 is 2.82 bits per heavy atom. The molecule has 2 aliphatic rings. The Bertz CT molecular complexity index is 1120. The van der Waals surface area contributed by atoms with Crippen LogP contribution in [-0.4, -0.2) is 28.9 Å². The molecule has 1 saturated heterocycles. The van der Waals surface area contributed by atoms with E-state index in [9.17, 15) is 4.79 Å². The van der Waals surface area contributed by atoms with E-state index in [0.29, 0.717) is 17.5 Å². The van der Waals surface area contributed by atoms with Crippen LogP contribution in [0.2, 0.25) is 5.02 Å². The van der Waals surface area contributed by atoms with Crippen LogP contribution in [0.3, 0.4) is 0 Å². The molecule has 0 saturated carbocycles. The third-order valence-corrected chi connectivity index (χ3v) is 7.17. The zero-order valence-electron chi connectivity index (χ0n) is 19.0. The molecular weight excluding hydrogens is 434 g/mol. The summed E-state index contributed by atoms with van der Waals surface area (Å²) in [5.74, 6) is 1.63. The van der Waals surface area contributed by atoms with E-state index in [1.165, 1.54) is 11.1 Å². The number of halogens is 1. The second-order valence-corrected chi connectivity index (χ2v) is 9.69. The molecule has 2 aromatic carbocycles. The van der Waals surface area contributed by atoms with Gasteiger partial charge in [0.1, 0.15) is 5.76 Å². The number of rotatable bonds is 5. The Morgan fingerprint density at radius 2 is 1.97 bits per heavy atom. The largest absolute Gasteiger partial charge is 0.441 e. The Morgan fingerprint density at radius 1 is 1.15 bits per heavy atom. The molecule has 1 aliphatic carbocycles. The molecule has 0 bridgehead atoms. The van der Waals surface area contributed by atoms with Crippen molar-refractivity contribution in [3.63, 3.8) is 0 Å². The average Bonchev–Trinajstić information content (AvgIpc) is 3.20. The normalized spacial score (nSPS) is 20.9. The molecule has 1 amide bonds. The first-order valence-electron chi connectivity index (χ1n) is 11.9. The van der Waals surface area contributed by atoms with Gasteiger partial charge in [-0.3, -0.25) is 9.69 Å². The molecular formula is C27H30ClN3O2. The van der Waals surface area contributed by atoms with Gasteiger partial charge in [0.25, 0.3) is 0 Å². The standard InChI is InChI=1S/C27H30ClN3O2/c1-18-25(30-27(33-18)20-11-13-22(28)14-12-20)17-31-15-5-8-21(16-31)26(32)29-24-10-4-7-19-6-2-3-9-23(19)24/h2-3,6,9,11-14,21,24H,4-5,7-8,10,15-17H2,1H3,(H,29,32)/t21-,24+/m0/s1. The van der Waals surface area contributed by atoms with E-state index >= 15 is 0 Å². The summed E-state index contributed by atoms with van der Waals surface area (Å²) in [5, 5.41) is 4.05. The number of oxazole rings is 1. The smallest absolute Gasteiger partial charge is 0.226 e. The zero-order chi connectivity index (χ0) is 22.8. The molecule has 33 heavy (non-hydrogen) atoms. The number of benzene rings is 2. The van der Waals surface area contributed by atoms with Gasteiger partial charge in [0.05, 0.1) is 17.7 Å². The molecule has 1 aliphatic heterocycles. The van der Waals surface area contributed by atoms with Crippen LogP contribution >= 0.6 is 11.6 Å². The van der Waals surface area contributed by atoms with Crippen molar-refractivity contribution in [1.29, 1.82) is 0 Å². The van der Waals surface area contributed by atoms with Crippen molar-refractivity contribution >= 4 is 17.5 Å². The van der Waals surface area contributed by atoms with Crippen molar-refractivity contribution in [2.45, 2.75) is 51.6 Å². The minimum atomic E-state index is 0.00998. The summed E-state index contributed by atoms with van der Waals surface area (Å²) in [4.78, 5) is 20.2. The lowest BCUT2D eigenvalue weighted by Crippen LogP contribution is -2.44. The first-order chi connectivity index (χ1) is 16.1. The first kappa shape index (κ1) is 22.2. The molecule has 5 rings (SSSR count). The molecule has 6 heteroatoms. The van der Waals surface area contributed by atoms with E-state index in [4.69, 9.17) is 21.0 Å². The Labute approximate surface area is 200 Å². The van der Waals surface area contributed by atoms with Crippen LogP contribution in [0, 0.1) is 12.8 Å². The second kappa shape index (κ2) is 9.70. The number of likely N-dealkylation sites (tertiary alicyclic amines) is 1. The minimum absolute atomic E-state index is 0.00998. The predicted molar refractivity (Wildman–Crippen MR) is 130 cm³/mol. The maximum atomic E-state index is 13.2. The molecule has 0 spiro atoms. The SMILES string of the molecule is Cc1oc(-c2ccc(Cl)cc2)nc1CN1CCC[C@H](C(=O)N[C@@H]2CCCc3ccccc32)C1. The Hall–Kier alpha value is -2.63. The number of aryl methyl sites for hydroxylation is 2. The highest BCUT2D eigenvalue weighted by atomic mass is 35.5. The third-order valence-electron chi connectivity index (χ3n) is 6.92. The summed E-state index contributed by atoms with van der Waals surface area (Å²) < 4.78 is 5.93. The predicted octanol–water partition coefficient (Wildman–Crippen LogP) is 5.71. The molecule has 1 N–H and O–H groups in total. The van der Waals surface area contributed by atoms with E-state index in [1.807, 2.05) is 31.2 Å². The fourth-order valence-electron chi connectivity index (χ4n) is 5.11. The lowest BCUT2D eigenvalue weighted by molar-refractivity contribution is -0.127. The fourth-order valence-corrected chi connectivity index (χ4v) is 5.24. The van der Waals surface area contributed by atoms with Crippen molar-refractivity contribution in [2.24, 2.45) is 5.92 Å². The topological polar surface area (TPSA) is 58.4 Å². The lowest BCUT2D eigenvalue weighted by Gasteiger charge is -2.33. The lowest BCUT2D eigenvalue weighted by atomic mass is 9.87. The highest BCUT2D eigenvalue weighted by molar-refractivity contribution is 6.30. The van der Waals surface area contributed by atoms with Gasteiger partial charge in [-0.25, -0.2) is 4.98 Å². The van der Waals surface area contributed by atoms with Crippen molar-refractivity contribution in [3.8, 4) is 11.5 Å². The monoisotopic (exact) mass is 463 g/mol. The van der Waals surface area contributed by atoms with Crippen LogP contribution in [-0.2, 0) is 17.8 Å². The number of amides is 1. The van der Waals surface area contributed by atoms with Gasteiger partial charge in [-0.05, 0) is 81.0 Å². The Kier molecular flexibility index (Phi) is 6.52. The summed E-state index contributed by atoms with van der Waals surface area (Å²) in [5.41, 5.74) is 4.51. The molecule has 2 heterocycles. The van der Waals surface area contributed by atoms with Gasteiger partial charge in [0.15, 0.2) is 0 Å². The van der Waals surface area contributed by atoms with E-state index in [2.05, 4.69) is 34.5 Å². The maximum Gasteiger partial charge on any atom is 0.226 e. The quantitative estimate of drug-likeness (QED) is 0.526. The van der Waals surface area contributed by atoms with E-state index in [0.717, 1.165) is 62.2 Å². The number of carbonyl (C=O) groups excluding carboxylic acids is 1. The zero-order valence-corrected chi connectivity index (χ0v) is 19.8. The third kappa shape index (κ3) is 4.99. The van der Waals surface area contributed by atoms with Crippen molar-refractivity contribution in [2.75, 3.05) is 13.1 Å². The summed E-state index contributed by atoms with van der Waals surface area (Å²) in [6.07, 6.45) is 5.20. The summed E-state index contributed by atoms with van der Waals surface area (Å²) in [6, 6.07) is 16.2.